The van der Waals surface area contributed by atoms with Crippen molar-refractivity contribution < 1.29 is 14.1 Å². The highest BCUT2D eigenvalue weighted by Crippen LogP contribution is 2.43. The van der Waals surface area contributed by atoms with Crippen molar-refractivity contribution in [1.82, 2.24) is 4.98 Å². The van der Waals surface area contributed by atoms with Gasteiger partial charge in [0, 0.05) is 23.7 Å². The third-order valence-electron chi connectivity index (χ3n) is 6.91. The van der Waals surface area contributed by atoms with E-state index in [1.165, 1.54) is 40.7 Å². The summed E-state index contributed by atoms with van der Waals surface area (Å²) in [4.78, 5) is 15.9. The molecule has 1 N–H and O–H groups in total. The molecule has 0 unspecified atom stereocenters. The van der Waals surface area contributed by atoms with Gasteiger partial charge in [0.1, 0.15) is 18.8 Å². The van der Waals surface area contributed by atoms with Crippen molar-refractivity contribution in [3.63, 3.8) is 0 Å². The zero-order valence-corrected chi connectivity index (χ0v) is 18.4. The van der Waals surface area contributed by atoms with E-state index in [1.54, 1.807) is 0 Å². The fourth-order valence-corrected chi connectivity index (χ4v) is 5.29. The maximum atomic E-state index is 12.1. The average molecular weight is 396 g/mol. The number of aromatic nitrogens is 1. The van der Waals surface area contributed by atoms with Crippen molar-refractivity contribution in [2.75, 3.05) is 19.7 Å². The van der Waals surface area contributed by atoms with Crippen LogP contribution in [0, 0.1) is 10.8 Å². The quantitative estimate of drug-likeness (QED) is 0.436. The Morgan fingerprint density at radius 1 is 1.24 bits per heavy atom. The van der Waals surface area contributed by atoms with Crippen LogP contribution in [0.3, 0.4) is 0 Å². The first-order valence-corrected chi connectivity index (χ1v) is 11.3. The molecule has 1 atom stereocenters. The molecule has 0 amide bonds. The number of nitrogens with zero attached hydrogens (tertiary/aromatic N) is 1. The molecule has 29 heavy (non-hydrogen) atoms. The van der Waals surface area contributed by atoms with E-state index in [9.17, 15) is 4.79 Å². The van der Waals surface area contributed by atoms with Gasteiger partial charge in [-0.15, -0.1) is 0 Å². The minimum absolute atomic E-state index is 0.100. The number of H-pyrrole nitrogens is 1. The second-order valence-corrected chi connectivity index (χ2v) is 9.84. The lowest BCUT2D eigenvalue weighted by molar-refractivity contribution is -0.538. The van der Waals surface area contributed by atoms with Crippen LogP contribution in [0.25, 0.3) is 10.9 Å². The summed E-state index contributed by atoms with van der Waals surface area (Å²) >= 11 is 0. The van der Waals surface area contributed by atoms with E-state index in [1.807, 2.05) is 20.8 Å². The van der Waals surface area contributed by atoms with Gasteiger partial charge in [0.25, 0.3) is 0 Å². The number of carbonyl (C=O) groups excluding carboxylic acids is 1. The first-order valence-electron chi connectivity index (χ1n) is 11.3. The molecule has 1 aromatic carbocycles. The third-order valence-corrected chi connectivity index (χ3v) is 6.91. The topological polar surface area (TPSA) is 45.1 Å². The smallest absolute Gasteiger partial charge is 0.311 e. The van der Waals surface area contributed by atoms with Crippen LogP contribution in [0.4, 0.5) is 0 Å². The zero-order chi connectivity index (χ0) is 20.6. The van der Waals surface area contributed by atoms with Gasteiger partial charge in [0.15, 0.2) is 0 Å². The molecule has 1 aromatic heterocycles. The number of para-hydroxylation sites is 1. The lowest BCUT2D eigenvalue weighted by Crippen LogP contribution is -2.46. The molecule has 4 rings (SSSR count). The fourth-order valence-electron chi connectivity index (χ4n) is 5.29. The summed E-state index contributed by atoms with van der Waals surface area (Å²) < 4.78 is 8.20. The molecule has 0 radical (unpaired) electrons. The van der Waals surface area contributed by atoms with Crippen LogP contribution < -0.4 is 0 Å². The Morgan fingerprint density at radius 3 is 2.79 bits per heavy atom. The number of ether oxygens (including phenoxy) is 1. The number of hydrogen-bond donors (Lipinski definition) is 1. The predicted molar refractivity (Wildman–Crippen MR) is 118 cm³/mol. The second kappa shape index (κ2) is 7.62. The van der Waals surface area contributed by atoms with Crippen molar-refractivity contribution in [2.45, 2.75) is 66.2 Å². The number of fused-ring (bicyclic) bond motifs is 4. The van der Waals surface area contributed by atoms with Crippen LogP contribution >= 0.6 is 0 Å². The molecule has 0 saturated carbocycles. The number of nitrogens with one attached hydrogen (secondary N) is 1. The maximum absolute atomic E-state index is 12.1. The standard InChI is InChI=1S/C25H34N2O2/c1-5-25(14-9-17-29-23(28)24(2,3)4)13-8-15-27-16-12-19-18-10-6-7-11-20(18)26-21(19)22(25)27/h6-7,10-11H,5,8-9,12-17H2,1-4H3/p+1/t25-/m0/s1. The molecule has 0 spiro atoms. The lowest BCUT2D eigenvalue weighted by Gasteiger charge is -2.37. The first-order chi connectivity index (χ1) is 13.9. The van der Waals surface area contributed by atoms with Gasteiger partial charge in [-0.05, 0) is 58.1 Å². The molecule has 2 aliphatic rings. The second-order valence-electron chi connectivity index (χ2n) is 9.84. The predicted octanol–water partition coefficient (Wildman–Crippen LogP) is 5.09. The van der Waals surface area contributed by atoms with Gasteiger partial charge in [-0.3, -0.25) is 4.79 Å². The number of benzene rings is 1. The number of esters is 1. The fraction of sp³-hybridized carbons (Fsp3) is 0.600. The van der Waals surface area contributed by atoms with Crippen LogP contribution in [0.15, 0.2) is 24.3 Å². The number of aromatic amines is 1. The summed E-state index contributed by atoms with van der Waals surface area (Å²) in [6.45, 7) is 10.9. The molecule has 156 valence electrons. The van der Waals surface area contributed by atoms with Gasteiger partial charge >= 0.3 is 5.97 Å². The van der Waals surface area contributed by atoms with Crippen LogP contribution in [-0.4, -0.2) is 40.9 Å². The number of carbonyl (C=O) groups is 1. The van der Waals surface area contributed by atoms with Crippen LogP contribution in [0.5, 0.6) is 0 Å². The van der Waals surface area contributed by atoms with Crippen LogP contribution in [0.2, 0.25) is 0 Å². The van der Waals surface area contributed by atoms with Crippen molar-refractivity contribution in [2.24, 2.45) is 10.8 Å². The Labute approximate surface area is 174 Å². The molecule has 0 bridgehead atoms. The van der Waals surface area contributed by atoms with E-state index in [-0.39, 0.29) is 11.4 Å². The summed E-state index contributed by atoms with van der Waals surface area (Å²) in [6.07, 6.45) is 6.70. The summed E-state index contributed by atoms with van der Waals surface area (Å²) in [5, 5.41) is 1.38. The summed E-state index contributed by atoms with van der Waals surface area (Å²) in [5.41, 5.74) is 5.37. The van der Waals surface area contributed by atoms with Crippen molar-refractivity contribution in [3.8, 4) is 0 Å². The Kier molecular flexibility index (Phi) is 5.30. The molecule has 0 fully saturated rings. The lowest BCUT2D eigenvalue weighted by atomic mass is 9.68. The van der Waals surface area contributed by atoms with E-state index in [4.69, 9.17) is 4.74 Å². The van der Waals surface area contributed by atoms with Gasteiger partial charge in [-0.1, -0.05) is 25.1 Å². The Morgan fingerprint density at radius 2 is 2.03 bits per heavy atom. The van der Waals surface area contributed by atoms with Crippen molar-refractivity contribution in [1.29, 1.82) is 0 Å². The summed E-state index contributed by atoms with van der Waals surface area (Å²) in [6, 6.07) is 8.71. The molecular formula is C25H35N2O2+. The normalized spacial score (nSPS) is 21.8. The van der Waals surface area contributed by atoms with E-state index < -0.39 is 5.41 Å². The molecular weight excluding hydrogens is 360 g/mol. The SMILES string of the molecule is CC[C@@]1(CCCOC(=O)C(C)(C)C)CCC[N+]2=C1c1[nH]c3ccccc3c1CC2. The van der Waals surface area contributed by atoms with Gasteiger partial charge in [0.05, 0.1) is 17.4 Å². The summed E-state index contributed by atoms with van der Waals surface area (Å²) in [5.74, 6) is -0.100. The maximum Gasteiger partial charge on any atom is 0.311 e. The minimum atomic E-state index is -0.429. The van der Waals surface area contributed by atoms with Crippen LogP contribution in [0.1, 0.15) is 71.1 Å². The minimum Gasteiger partial charge on any atom is -0.465 e. The van der Waals surface area contributed by atoms with E-state index in [0.29, 0.717) is 6.61 Å². The van der Waals surface area contributed by atoms with Gasteiger partial charge in [-0.25, -0.2) is 4.58 Å². The highest BCUT2D eigenvalue weighted by molar-refractivity contribution is 6.06. The molecule has 2 aliphatic heterocycles. The molecule has 4 nitrogen and oxygen atoms in total. The molecule has 0 saturated heterocycles. The molecule has 3 heterocycles. The zero-order valence-electron chi connectivity index (χ0n) is 18.4. The van der Waals surface area contributed by atoms with Gasteiger partial charge in [0.2, 0.25) is 5.71 Å². The molecule has 2 aromatic rings. The third kappa shape index (κ3) is 3.62. The molecule has 4 heteroatoms. The monoisotopic (exact) mass is 395 g/mol. The van der Waals surface area contributed by atoms with Gasteiger partial charge in [-0.2, -0.15) is 0 Å². The number of rotatable bonds is 5. The largest absolute Gasteiger partial charge is 0.465 e. The van der Waals surface area contributed by atoms with E-state index in [0.717, 1.165) is 38.8 Å². The Bertz CT molecular complexity index is 947. The highest BCUT2D eigenvalue weighted by Gasteiger charge is 2.47. The number of hydrogen-bond acceptors (Lipinski definition) is 2. The average Bonchev–Trinajstić information content (AvgIpc) is 3.09. The van der Waals surface area contributed by atoms with Crippen molar-refractivity contribution in [3.05, 3.63) is 35.5 Å². The first kappa shape index (κ1) is 20.2. The van der Waals surface area contributed by atoms with E-state index in [2.05, 4.69) is 40.7 Å². The molecule has 0 aliphatic carbocycles. The van der Waals surface area contributed by atoms with Crippen molar-refractivity contribution >= 4 is 22.6 Å². The van der Waals surface area contributed by atoms with E-state index >= 15 is 0 Å². The Hall–Kier alpha value is -2.10. The summed E-state index contributed by atoms with van der Waals surface area (Å²) in [7, 11) is 0. The highest BCUT2D eigenvalue weighted by atomic mass is 16.5. The van der Waals surface area contributed by atoms with Crippen LogP contribution in [-0.2, 0) is 16.0 Å². The van der Waals surface area contributed by atoms with Gasteiger partial charge < -0.3 is 9.72 Å². The Balaban J connectivity index is 1.60.